The van der Waals surface area contributed by atoms with Crippen LogP contribution in [0.5, 0.6) is 0 Å². The van der Waals surface area contributed by atoms with Gasteiger partial charge in [0.05, 0.1) is 25.7 Å². The van der Waals surface area contributed by atoms with Crippen molar-refractivity contribution in [2.75, 3.05) is 0 Å². The molecule has 0 aromatic rings. The van der Waals surface area contributed by atoms with E-state index in [0.717, 1.165) is 0 Å². The molecule has 0 aromatic heterocycles. The molecule has 0 bridgehead atoms. The molecule has 0 amide bonds. The van der Waals surface area contributed by atoms with Gasteiger partial charge in [-0.05, 0) is 0 Å². The SMILES string of the molecule is NOC(CC(=O)O)(CC(=O)O)C(=O)O.O=C(O)CC(O)(CC(=O)O)C(=O)O.[Ti]. The number of carbonyl (C=O) groups is 6. The summed E-state index contributed by atoms with van der Waals surface area (Å²) in [5.74, 6) is -5.18. The molecule has 15 nitrogen and oxygen atoms in total. The summed E-state index contributed by atoms with van der Waals surface area (Å²) in [6.45, 7) is 0. The summed E-state index contributed by atoms with van der Waals surface area (Å²) in [5.41, 5.74) is -5.16. The van der Waals surface area contributed by atoms with Gasteiger partial charge >= 0.3 is 35.8 Å². The molecule has 0 fully saturated rings. The number of aliphatic carboxylic acids is 6. The van der Waals surface area contributed by atoms with E-state index < -0.39 is 72.7 Å². The molecular formula is C12H17NO14Ti. The van der Waals surface area contributed by atoms with E-state index in [2.05, 4.69) is 10.7 Å². The van der Waals surface area contributed by atoms with Crippen LogP contribution in [0.2, 0.25) is 0 Å². The predicted molar refractivity (Wildman–Crippen MR) is 77.2 cm³/mol. The van der Waals surface area contributed by atoms with Crippen molar-refractivity contribution < 1.29 is 91.1 Å². The van der Waals surface area contributed by atoms with Crippen LogP contribution < -0.4 is 5.90 Å². The number of carboxylic acids is 6. The molecule has 158 valence electrons. The number of carboxylic acid groups (broad SMARTS) is 6. The minimum absolute atomic E-state index is 0. The normalized spacial score (nSPS) is 10.5. The zero-order valence-corrected chi connectivity index (χ0v) is 15.5. The third-order valence-corrected chi connectivity index (χ3v) is 2.77. The van der Waals surface area contributed by atoms with Gasteiger partial charge in [-0.1, -0.05) is 0 Å². The number of nitrogens with two attached hydrogens (primary N) is 1. The molecule has 0 aromatic carbocycles. The monoisotopic (exact) mass is 447 g/mol. The Hall–Kier alpha value is -2.59. The van der Waals surface area contributed by atoms with Gasteiger partial charge in [-0.25, -0.2) is 15.5 Å². The minimum atomic E-state index is -2.74. The van der Waals surface area contributed by atoms with E-state index in [0.29, 0.717) is 0 Å². The van der Waals surface area contributed by atoms with E-state index in [1.54, 1.807) is 0 Å². The fraction of sp³-hybridized carbons (Fsp3) is 0.500. The first-order chi connectivity index (χ1) is 12.1. The maximum absolute atomic E-state index is 10.6. The second-order valence-corrected chi connectivity index (χ2v) is 5.04. The van der Waals surface area contributed by atoms with Gasteiger partial charge < -0.3 is 35.7 Å². The molecule has 9 N–H and O–H groups in total. The third-order valence-electron chi connectivity index (χ3n) is 2.77. The molecule has 0 aliphatic heterocycles. The Balaban J connectivity index is -0.000000432. The largest absolute Gasteiger partial charge is 0.481 e. The Kier molecular flexibility index (Phi) is 13.7. The molecule has 0 heterocycles. The molecular weight excluding hydrogens is 430 g/mol. The molecule has 0 spiro atoms. The standard InChI is InChI=1S/C6H9NO7.C6H8O7.Ti/c7-14-6(5(12)13,1-3(8)9)2-4(10)11;7-3(8)1-6(13,5(11)12)2-4(9)10;/h1-2,7H2,(H,8,9)(H,10,11)(H,12,13);13H,1-2H2,(H,7,8)(H,9,10)(H,11,12);. The van der Waals surface area contributed by atoms with Crippen molar-refractivity contribution in [3.05, 3.63) is 0 Å². The number of rotatable bonds is 11. The van der Waals surface area contributed by atoms with Crippen LogP contribution in [-0.4, -0.2) is 82.8 Å². The zero-order chi connectivity index (χ0) is 22.0. The summed E-state index contributed by atoms with van der Waals surface area (Å²) in [7, 11) is 0. The number of hydrogen-bond acceptors (Lipinski definition) is 9. The van der Waals surface area contributed by atoms with Crippen molar-refractivity contribution in [1.29, 1.82) is 0 Å². The molecule has 0 radical (unpaired) electrons. The molecule has 0 rings (SSSR count). The Bertz CT molecular complexity index is 585. The van der Waals surface area contributed by atoms with Crippen LogP contribution in [0.3, 0.4) is 0 Å². The molecule has 28 heavy (non-hydrogen) atoms. The molecule has 0 saturated carbocycles. The zero-order valence-electron chi connectivity index (χ0n) is 13.9. The summed E-state index contributed by atoms with van der Waals surface area (Å²) in [4.78, 5) is 65.6. The summed E-state index contributed by atoms with van der Waals surface area (Å²) >= 11 is 0. The third kappa shape index (κ3) is 11.2. The Labute approximate surface area is 170 Å². The Morgan fingerprint density at radius 3 is 1.07 bits per heavy atom. The molecule has 0 aliphatic carbocycles. The van der Waals surface area contributed by atoms with Gasteiger partial charge in [0, 0.05) is 21.7 Å². The smallest absolute Gasteiger partial charge is 0.339 e. The van der Waals surface area contributed by atoms with Gasteiger partial charge in [0.15, 0.2) is 5.60 Å². The second kappa shape index (κ2) is 12.7. The summed E-state index contributed by atoms with van der Waals surface area (Å²) in [6, 6.07) is 0. The van der Waals surface area contributed by atoms with Crippen LogP contribution in [0.1, 0.15) is 25.7 Å². The fourth-order valence-electron chi connectivity index (χ4n) is 1.55. The van der Waals surface area contributed by atoms with Gasteiger partial charge in [0.2, 0.25) is 5.60 Å². The molecule has 0 aliphatic rings. The average Bonchev–Trinajstić information content (AvgIpc) is 2.43. The van der Waals surface area contributed by atoms with E-state index >= 15 is 0 Å². The van der Waals surface area contributed by atoms with E-state index in [-0.39, 0.29) is 21.7 Å². The fourth-order valence-corrected chi connectivity index (χ4v) is 1.55. The molecule has 0 saturated heterocycles. The first-order valence-electron chi connectivity index (χ1n) is 6.56. The van der Waals surface area contributed by atoms with Crippen LogP contribution >= 0.6 is 0 Å². The van der Waals surface area contributed by atoms with Crippen molar-refractivity contribution in [3.63, 3.8) is 0 Å². The maximum Gasteiger partial charge on any atom is 0.339 e. The van der Waals surface area contributed by atoms with Crippen LogP contribution in [0.25, 0.3) is 0 Å². The van der Waals surface area contributed by atoms with Crippen molar-refractivity contribution in [3.8, 4) is 0 Å². The second-order valence-electron chi connectivity index (χ2n) is 5.04. The van der Waals surface area contributed by atoms with E-state index in [1.807, 2.05) is 0 Å². The van der Waals surface area contributed by atoms with Gasteiger partial charge in [-0.2, -0.15) is 0 Å². The summed E-state index contributed by atoms with van der Waals surface area (Å²) in [5, 5.41) is 59.1. The van der Waals surface area contributed by atoms with Crippen molar-refractivity contribution >= 4 is 35.8 Å². The first-order valence-corrected chi connectivity index (χ1v) is 6.56. The van der Waals surface area contributed by atoms with Gasteiger partial charge in [0.25, 0.3) is 0 Å². The van der Waals surface area contributed by atoms with Crippen molar-refractivity contribution in [1.82, 2.24) is 0 Å². The quantitative estimate of drug-likeness (QED) is 0.119. The summed E-state index contributed by atoms with van der Waals surface area (Å²) < 4.78 is 0. The van der Waals surface area contributed by atoms with Gasteiger partial charge in [-0.15, -0.1) is 0 Å². The van der Waals surface area contributed by atoms with Crippen LogP contribution in [0.15, 0.2) is 0 Å². The van der Waals surface area contributed by atoms with Gasteiger partial charge in [-0.3, -0.25) is 24.0 Å². The first kappa shape index (κ1) is 30.2. The number of aliphatic hydroxyl groups is 1. The topological polar surface area (TPSA) is 279 Å². The number of hydrogen-bond donors (Lipinski definition) is 8. The van der Waals surface area contributed by atoms with Crippen LogP contribution in [0.4, 0.5) is 0 Å². The van der Waals surface area contributed by atoms with E-state index in [9.17, 15) is 28.8 Å². The molecule has 0 unspecified atom stereocenters. The van der Waals surface area contributed by atoms with E-state index in [1.165, 1.54) is 0 Å². The average molecular weight is 447 g/mol. The Morgan fingerprint density at radius 2 is 0.929 bits per heavy atom. The van der Waals surface area contributed by atoms with Crippen molar-refractivity contribution in [2.45, 2.75) is 36.9 Å². The van der Waals surface area contributed by atoms with Crippen LogP contribution in [-0.2, 0) is 55.3 Å². The Morgan fingerprint density at radius 1 is 0.643 bits per heavy atom. The molecule has 16 heteroatoms. The van der Waals surface area contributed by atoms with E-state index in [4.69, 9.17) is 35.7 Å². The summed E-state index contributed by atoms with van der Waals surface area (Å²) in [6.07, 6.45) is -4.33. The van der Waals surface area contributed by atoms with Gasteiger partial charge in [0.1, 0.15) is 0 Å². The van der Waals surface area contributed by atoms with Crippen molar-refractivity contribution in [2.24, 2.45) is 5.90 Å². The molecule has 0 atom stereocenters. The van der Waals surface area contributed by atoms with Crippen LogP contribution in [0, 0.1) is 0 Å². The minimum Gasteiger partial charge on any atom is -0.481 e. The maximum atomic E-state index is 10.6. The predicted octanol–water partition coefficient (Wildman–Crippen LogP) is -2.60.